The second kappa shape index (κ2) is 5.60. The standard InChI is InChI=1S/C13H18N2O4/c1-8(16)14-9-5-6-11(17)10(7-9)15-12(18)19-13(2,3)4/h5-7,17H,1-4H3,(H,14,16)(H,15,18). The van der Waals surface area contributed by atoms with Gasteiger partial charge in [0, 0.05) is 12.6 Å². The Morgan fingerprint density at radius 3 is 2.37 bits per heavy atom. The second-order valence-corrected chi connectivity index (χ2v) is 5.04. The maximum Gasteiger partial charge on any atom is 0.412 e. The number of hydrogen-bond donors (Lipinski definition) is 3. The summed E-state index contributed by atoms with van der Waals surface area (Å²) < 4.78 is 5.07. The van der Waals surface area contributed by atoms with Crippen molar-refractivity contribution in [3.8, 4) is 5.75 Å². The fourth-order valence-corrected chi connectivity index (χ4v) is 1.33. The minimum absolute atomic E-state index is 0.111. The third-order valence-electron chi connectivity index (χ3n) is 1.95. The average Bonchev–Trinajstić information content (AvgIpc) is 2.19. The molecule has 0 spiro atoms. The molecule has 0 unspecified atom stereocenters. The van der Waals surface area contributed by atoms with Crippen molar-refractivity contribution in [2.45, 2.75) is 33.3 Å². The number of ether oxygens (including phenoxy) is 1. The molecule has 2 amide bonds. The van der Waals surface area contributed by atoms with Crippen LogP contribution in [0.15, 0.2) is 18.2 Å². The van der Waals surface area contributed by atoms with E-state index in [4.69, 9.17) is 4.74 Å². The molecule has 0 atom stereocenters. The smallest absolute Gasteiger partial charge is 0.412 e. The summed E-state index contributed by atoms with van der Waals surface area (Å²) in [5.74, 6) is -0.353. The first-order chi connectivity index (χ1) is 8.67. The lowest BCUT2D eigenvalue weighted by atomic mass is 10.2. The summed E-state index contributed by atoms with van der Waals surface area (Å²) in [7, 11) is 0. The minimum atomic E-state index is -0.678. The molecule has 104 valence electrons. The molecule has 1 aromatic rings. The lowest BCUT2D eigenvalue weighted by Gasteiger charge is -2.20. The van der Waals surface area contributed by atoms with Crippen LogP contribution in [0.2, 0.25) is 0 Å². The Morgan fingerprint density at radius 2 is 1.84 bits per heavy atom. The van der Waals surface area contributed by atoms with Crippen molar-refractivity contribution in [1.29, 1.82) is 0 Å². The zero-order chi connectivity index (χ0) is 14.6. The third kappa shape index (κ3) is 5.29. The number of rotatable bonds is 2. The first-order valence-corrected chi connectivity index (χ1v) is 5.78. The highest BCUT2D eigenvalue weighted by atomic mass is 16.6. The molecule has 19 heavy (non-hydrogen) atoms. The molecule has 0 aromatic heterocycles. The van der Waals surface area contributed by atoms with E-state index in [1.165, 1.54) is 25.1 Å². The Labute approximate surface area is 111 Å². The largest absolute Gasteiger partial charge is 0.506 e. The summed E-state index contributed by atoms with van der Waals surface area (Å²) in [6.45, 7) is 6.58. The lowest BCUT2D eigenvalue weighted by molar-refractivity contribution is -0.114. The van der Waals surface area contributed by atoms with Gasteiger partial charge in [0.25, 0.3) is 0 Å². The van der Waals surface area contributed by atoms with Gasteiger partial charge in [-0.3, -0.25) is 10.1 Å². The fraction of sp³-hybridized carbons (Fsp3) is 0.385. The topological polar surface area (TPSA) is 87.7 Å². The van der Waals surface area contributed by atoms with Crippen LogP contribution in [0, 0.1) is 0 Å². The van der Waals surface area contributed by atoms with Gasteiger partial charge in [-0.2, -0.15) is 0 Å². The van der Waals surface area contributed by atoms with Crippen LogP contribution < -0.4 is 10.6 Å². The van der Waals surface area contributed by atoms with E-state index < -0.39 is 11.7 Å². The first kappa shape index (κ1) is 14.8. The zero-order valence-electron chi connectivity index (χ0n) is 11.4. The van der Waals surface area contributed by atoms with Crippen LogP contribution >= 0.6 is 0 Å². The van der Waals surface area contributed by atoms with E-state index in [0.717, 1.165) is 0 Å². The zero-order valence-corrected chi connectivity index (χ0v) is 11.4. The number of anilines is 2. The van der Waals surface area contributed by atoms with Gasteiger partial charge in [-0.25, -0.2) is 4.79 Å². The minimum Gasteiger partial charge on any atom is -0.506 e. The van der Waals surface area contributed by atoms with Crippen molar-refractivity contribution in [2.24, 2.45) is 0 Å². The quantitative estimate of drug-likeness (QED) is 0.567. The number of phenolic OH excluding ortho intramolecular Hbond substituents is 1. The summed E-state index contributed by atoms with van der Waals surface area (Å²) in [5, 5.41) is 14.6. The Bertz CT molecular complexity index is 492. The summed E-state index contributed by atoms with van der Waals surface area (Å²) in [4.78, 5) is 22.5. The molecule has 0 radical (unpaired) electrons. The van der Waals surface area contributed by atoms with Crippen molar-refractivity contribution >= 4 is 23.4 Å². The van der Waals surface area contributed by atoms with E-state index in [2.05, 4.69) is 10.6 Å². The van der Waals surface area contributed by atoms with E-state index in [1.807, 2.05) is 0 Å². The highest BCUT2D eigenvalue weighted by Gasteiger charge is 2.17. The Morgan fingerprint density at radius 1 is 1.21 bits per heavy atom. The van der Waals surface area contributed by atoms with Crippen LogP contribution in [0.5, 0.6) is 5.75 Å². The number of amides is 2. The SMILES string of the molecule is CC(=O)Nc1ccc(O)c(NC(=O)OC(C)(C)C)c1. The molecular weight excluding hydrogens is 248 g/mol. The van der Waals surface area contributed by atoms with Crippen molar-refractivity contribution < 1.29 is 19.4 Å². The summed E-state index contributed by atoms with van der Waals surface area (Å²) in [6, 6.07) is 4.34. The molecule has 0 aliphatic carbocycles. The van der Waals surface area contributed by atoms with E-state index >= 15 is 0 Å². The van der Waals surface area contributed by atoms with Gasteiger partial charge in [-0.05, 0) is 39.0 Å². The van der Waals surface area contributed by atoms with Gasteiger partial charge in [-0.15, -0.1) is 0 Å². The normalized spacial score (nSPS) is 10.7. The van der Waals surface area contributed by atoms with E-state index in [9.17, 15) is 14.7 Å². The average molecular weight is 266 g/mol. The molecule has 0 heterocycles. The Balaban J connectivity index is 2.82. The van der Waals surface area contributed by atoms with Crippen LogP contribution in [-0.2, 0) is 9.53 Å². The van der Waals surface area contributed by atoms with Crippen LogP contribution in [0.1, 0.15) is 27.7 Å². The van der Waals surface area contributed by atoms with Gasteiger partial charge in [0.1, 0.15) is 11.4 Å². The maximum atomic E-state index is 11.6. The summed E-state index contributed by atoms with van der Waals surface area (Å²) in [6.07, 6.45) is -0.678. The van der Waals surface area contributed by atoms with Crippen LogP contribution in [0.3, 0.4) is 0 Å². The number of benzene rings is 1. The maximum absolute atomic E-state index is 11.6. The van der Waals surface area contributed by atoms with Crippen LogP contribution in [0.4, 0.5) is 16.2 Å². The number of carbonyl (C=O) groups is 2. The molecule has 0 bridgehead atoms. The number of phenols is 1. The van der Waals surface area contributed by atoms with E-state index in [-0.39, 0.29) is 17.3 Å². The molecule has 0 aliphatic heterocycles. The molecule has 1 rings (SSSR count). The van der Waals surface area contributed by atoms with Gasteiger partial charge in [0.05, 0.1) is 5.69 Å². The van der Waals surface area contributed by atoms with Gasteiger partial charge in [-0.1, -0.05) is 0 Å². The lowest BCUT2D eigenvalue weighted by Crippen LogP contribution is -2.27. The molecular formula is C13H18N2O4. The number of aromatic hydroxyl groups is 1. The molecule has 3 N–H and O–H groups in total. The van der Waals surface area contributed by atoms with Crippen molar-refractivity contribution in [2.75, 3.05) is 10.6 Å². The molecule has 6 heteroatoms. The Hall–Kier alpha value is -2.24. The monoisotopic (exact) mass is 266 g/mol. The van der Waals surface area contributed by atoms with Crippen molar-refractivity contribution in [1.82, 2.24) is 0 Å². The predicted octanol–water partition coefficient (Wildman–Crippen LogP) is 2.70. The molecule has 1 aromatic carbocycles. The number of carbonyl (C=O) groups excluding carboxylic acids is 2. The van der Waals surface area contributed by atoms with Crippen LogP contribution in [-0.4, -0.2) is 22.7 Å². The third-order valence-corrected chi connectivity index (χ3v) is 1.95. The van der Waals surface area contributed by atoms with E-state index in [1.54, 1.807) is 20.8 Å². The van der Waals surface area contributed by atoms with E-state index in [0.29, 0.717) is 5.69 Å². The first-order valence-electron chi connectivity index (χ1n) is 5.78. The van der Waals surface area contributed by atoms with Gasteiger partial charge in [0.15, 0.2) is 0 Å². The Kier molecular flexibility index (Phi) is 4.37. The number of hydrogen-bond acceptors (Lipinski definition) is 4. The number of nitrogens with one attached hydrogen (secondary N) is 2. The fourth-order valence-electron chi connectivity index (χ4n) is 1.33. The summed E-state index contributed by atoms with van der Waals surface area (Å²) >= 11 is 0. The van der Waals surface area contributed by atoms with Gasteiger partial charge >= 0.3 is 6.09 Å². The molecule has 0 saturated carbocycles. The van der Waals surface area contributed by atoms with Crippen molar-refractivity contribution in [3.05, 3.63) is 18.2 Å². The van der Waals surface area contributed by atoms with Gasteiger partial charge in [0.2, 0.25) is 5.91 Å². The molecule has 0 saturated heterocycles. The molecule has 0 fully saturated rings. The predicted molar refractivity (Wildman–Crippen MR) is 72.3 cm³/mol. The second-order valence-electron chi connectivity index (χ2n) is 5.04. The summed E-state index contributed by atoms with van der Waals surface area (Å²) in [5.41, 5.74) is 0.00597. The highest BCUT2D eigenvalue weighted by Crippen LogP contribution is 2.27. The molecule has 0 aliphatic rings. The van der Waals surface area contributed by atoms with Crippen molar-refractivity contribution in [3.63, 3.8) is 0 Å². The van der Waals surface area contributed by atoms with Crippen LogP contribution in [0.25, 0.3) is 0 Å². The van der Waals surface area contributed by atoms with Gasteiger partial charge < -0.3 is 15.2 Å². The molecule has 6 nitrogen and oxygen atoms in total. The highest BCUT2D eigenvalue weighted by molar-refractivity contribution is 5.92.